The van der Waals surface area contributed by atoms with Crippen LogP contribution < -0.4 is 0 Å². The number of carbonyl (C=O) groups excluding carboxylic acids is 1. The van der Waals surface area contributed by atoms with E-state index in [1.807, 2.05) is 11.8 Å². The van der Waals surface area contributed by atoms with E-state index in [9.17, 15) is 9.18 Å². The second-order valence-electron chi connectivity index (χ2n) is 6.80. The number of hydrogen-bond donors (Lipinski definition) is 1. The molecule has 0 aliphatic carbocycles. The summed E-state index contributed by atoms with van der Waals surface area (Å²) in [5, 5.41) is 6.77. The molecule has 7 heteroatoms. The number of benzene rings is 1. The molecular weight excluding hydrogens is 345 g/mol. The number of aromatic amines is 1. The largest absolute Gasteiger partial charge is 0.338 e. The van der Waals surface area contributed by atoms with Crippen LogP contribution in [0.3, 0.4) is 0 Å². The number of nitrogens with one attached hydrogen (secondary N) is 1. The quantitative estimate of drug-likeness (QED) is 0.772. The van der Waals surface area contributed by atoms with E-state index >= 15 is 0 Å². The molecule has 1 saturated heterocycles. The Hall–Kier alpha value is -3.09. The number of nitrogens with zero attached hydrogens (tertiary/aromatic N) is 4. The summed E-state index contributed by atoms with van der Waals surface area (Å²) in [6, 6.07) is 6.27. The van der Waals surface area contributed by atoms with Crippen LogP contribution in [0.1, 0.15) is 40.5 Å². The van der Waals surface area contributed by atoms with Gasteiger partial charge in [0.2, 0.25) is 0 Å². The van der Waals surface area contributed by atoms with Gasteiger partial charge in [0.05, 0.1) is 23.1 Å². The van der Waals surface area contributed by atoms with Crippen LogP contribution in [-0.4, -0.2) is 44.1 Å². The van der Waals surface area contributed by atoms with Gasteiger partial charge in [0.25, 0.3) is 5.91 Å². The first-order valence-corrected chi connectivity index (χ1v) is 8.99. The number of aromatic nitrogens is 4. The van der Waals surface area contributed by atoms with Crippen LogP contribution >= 0.6 is 0 Å². The Morgan fingerprint density at radius 1 is 1.22 bits per heavy atom. The number of piperidine rings is 1. The molecule has 2 aromatic heterocycles. The monoisotopic (exact) mass is 365 g/mol. The van der Waals surface area contributed by atoms with Gasteiger partial charge in [-0.1, -0.05) is 0 Å². The van der Waals surface area contributed by atoms with Gasteiger partial charge in [0, 0.05) is 42.7 Å². The molecule has 1 aliphatic heterocycles. The minimum absolute atomic E-state index is 0.0156. The number of hydrogen-bond acceptors (Lipinski definition) is 4. The van der Waals surface area contributed by atoms with Gasteiger partial charge in [-0.15, -0.1) is 0 Å². The predicted molar refractivity (Wildman–Crippen MR) is 98.6 cm³/mol. The average Bonchev–Trinajstić information content (AvgIpc) is 3.14. The summed E-state index contributed by atoms with van der Waals surface area (Å²) in [7, 11) is 0. The van der Waals surface area contributed by atoms with Crippen molar-refractivity contribution >= 4 is 5.91 Å². The molecule has 1 N–H and O–H groups in total. The Morgan fingerprint density at radius 2 is 2.00 bits per heavy atom. The third-order valence-electron chi connectivity index (χ3n) is 5.00. The molecule has 0 spiro atoms. The molecule has 0 bridgehead atoms. The van der Waals surface area contributed by atoms with Gasteiger partial charge >= 0.3 is 0 Å². The first-order valence-electron chi connectivity index (χ1n) is 8.99. The van der Waals surface area contributed by atoms with Crippen molar-refractivity contribution in [2.45, 2.75) is 25.7 Å². The summed E-state index contributed by atoms with van der Waals surface area (Å²) in [5.41, 5.74) is 3.80. The molecule has 1 amide bonds. The van der Waals surface area contributed by atoms with Gasteiger partial charge < -0.3 is 4.90 Å². The molecule has 138 valence electrons. The van der Waals surface area contributed by atoms with Crippen molar-refractivity contribution in [2.24, 2.45) is 0 Å². The molecule has 27 heavy (non-hydrogen) atoms. The summed E-state index contributed by atoms with van der Waals surface area (Å²) >= 11 is 0. The van der Waals surface area contributed by atoms with E-state index in [2.05, 4.69) is 20.2 Å². The minimum atomic E-state index is -0.283. The smallest absolute Gasteiger partial charge is 0.257 e. The summed E-state index contributed by atoms with van der Waals surface area (Å²) in [6.45, 7) is 3.14. The Kier molecular flexibility index (Phi) is 4.66. The summed E-state index contributed by atoms with van der Waals surface area (Å²) in [5.74, 6) is -0.212. The van der Waals surface area contributed by atoms with Crippen molar-refractivity contribution in [3.63, 3.8) is 0 Å². The second-order valence-corrected chi connectivity index (χ2v) is 6.80. The third-order valence-corrected chi connectivity index (χ3v) is 5.00. The van der Waals surface area contributed by atoms with E-state index in [0.717, 1.165) is 35.5 Å². The van der Waals surface area contributed by atoms with Gasteiger partial charge in [0.1, 0.15) is 5.82 Å². The van der Waals surface area contributed by atoms with Crippen LogP contribution in [0.5, 0.6) is 0 Å². The molecule has 1 aliphatic rings. The highest BCUT2D eigenvalue weighted by Crippen LogP contribution is 2.32. The Balaban J connectivity index is 1.61. The summed E-state index contributed by atoms with van der Waals surface area (Å²) in [6.07, 6.45) is 6.72. The van der Waals surface area contributed by atoms with Crippen molar-refractivity contribution in [3.05, 3.63) is 65.6 Å². The highest BCUT2D eigenvalue weighted by Gasteiger charge is 2.29. The number of H-pyrrole nitrogens is 1. The maximum absolute atomic E-state index is 13.3. The molecule has 3 aromatic rings. The van der Waals surface area contributed by atoms with Crippen LogP contribution in [0.25, 0.3) is 11.3 Å². The third kappa shape index (κ3) is 3.45. The molecule has 1 unspecified atom stereocenters. The van der Waals surface area contributed by atoms with Crippen molar-refractivity contribution in [1.29, 1.82) is 0 Å². The average molecular weight is 365 g/mol. The zero-order valence-electron chi connectivity index (χ0n) is 15.0. The van der Waals surface area contributed by atoms with E-state index in [1.54, 1.807) is 30.7 Å². The molecule has 4 rings (SSSR count). The number of aryl methyl sites for hydroxylation is 1. The number of carbonyl (C=O) groups is 1. The van der Waals surface area contributed by atoms with Crippen LogP contribution in [0.2, 0.25) is 0 Å². The first-order chi connectivity index (χ1) is 13.1. The number of amides is 1. The van der Waals surface area contributed by atoms with E-state index in [0.29, 0.717) is 18.7 Å². The normalized spacial score (nSPS) is 17.1. The van der Waals surface area contributed by atoms with Gasteiger partial charge in [-0.2, -0.15) is 5.10 Å². The second kappa shape index (κ2) is 7.26. The van der Waals surface area contributed by atoms with Crippen molar-refractivity contribution in [1.82, 2.24) is 25.1 Å². The van der Waals surface area contributed by atoms with Crippen molar-refractivity contribution in [3.8, 4) is 11.3 Å². The van der Waals surface area contributed by atoms with Gasteiger partial charge in [-0.25, -0.2) is 4.39 Å². The lowest BCUT2D eigenvalue weighted by Gasteiger charge is -2.33. The van der Waals surface area contributed by atoms with E-state index in [-0.39, 0.29) is 17.6 Å². The molecular formula is C20H20FN5O. The lowest BCUT2D eigenvalue weighted by Crippen LogP contribution is -2.39. The number of halogens is 1. The molecule has 1 aromatic carbocycles. The maximum Gasteiger partial charge on any atom is 0.257 e. The van der Waals surface area contributed by atoms with Crippen molar-refractivity contribution in [2.75, 3.05) is 13.1 Å². The Morgan fingerprint density at radius 3 is 2.74 bits per heavy atom. The van der Waals surface area contributed by atoms with Crippen LogP contribution in [-0.2, 0) is 0 Å². The molecule has 1 atom stereocenters. The van der Waals surface area contributed by atoms with Crippen LogP contribution in [0, 0.1) is 12.7 Å². The fourth-order valence-corrected chi connectivity index (χ4v) is 3.60. The fraction of sp³-hybridized carbons (Fsp3) is 0.300. The zero-order chi connectivity index (χ0) is 18.8. The lowest BCUT2D eigenvalue weighted by molar-refractivity contribution is 0.0705. The Bertz CT molecular complexity index is 953. The molecule has 6 nitrogen and oxygen atoms in total. The lowest BCUT2D eigenvalue weighted by atomic mass is 9.91. The predicted octanol–water partition coefficient (Wildman–Crippen LogP) is 3.33. The number of rotatable bonds is 3. The summed E-state index contributed by atoms with van der Waals surface area (Å²) in [4.78, 5) is 23.7. The topological polar surface area (TPSA) is 74.8 Å². The van der Waals surface area contributed by atoms with Gasteiger partial charge in [0.15, 0.2) is 0 Å². The van der Waals surface area contributed by atoms with Crippen LogP contribution in [0.4, 0.5) is 4.39 Å². The highest BCUT2D eigenvalue weighted by molar-refractivity contribution is 5.95. The summed E-state index contributed by atoms with van der Waals surface area (Å²) < 4.78 is 13.3. The molecule has 0 saturated carbocycles. The highest BCUT2D eigenvalue weighted by atomic mass is 19.1. The number of likely N-dealkylation sites (tertiary alicyclic amines) is 1. The van der Waals surface area contributed by atoms with Crippen molar-refractivity contribution < 1.29 is 9.18 Å². The fourth-order valence-electron chi connectivity index (χ4n) is 3.60. The molecule has 3 heterocycles. The standard InChI is InChI=1S/C20H20FN5O/c1-13-17(11-24-25-13)20(27)26-10-2-3-15(12-26)19-18(22-8-9-23-19)14-4-6-16(21)7-5-14/h4-9,11,15H,2-3,10,12H2,1H3,(H,24,25). The van der Waals surface area contributed by atoms with E-state index < -0.39 is 0 Å². The maximum atomic E-state index is 13.3. The minimum Gasteiger partial charge on any atom is -0.338 e. The Labute approximate surface area is 156 Å². The molecule has 1 fully saturated rings. The van der Waals surface area contributed by atoms with Gasteiger partial charge in [-0.3, -0.25) is 19.9 Å². The van der Waals surface area contributed by atoms with Crippen LogP contribution in [0.15, 0.2) is 42.9 Å². The zero-order valence-corrected chi connectivity index (χ0v) is 15.0. The van der Waals surface area contributed by atoms with Gasteiger partial charge in [-0.05, 0) is 44.0 Å². The molecule has 0 radical (unpaired) electrons. The SMILES string of the molecule is Cc1[nH]ncc1C(=O)N1CCCC(c2nccnc2-c2ccc(F)cc2)C1. The first kappa shape index (κ1) is 17.3. The van der Waals surface area contributed by atoms with E-state index in [1.165, 1.54) is 12.1 Å². The van der Waals surface area contributed by atoms with E-state index in [4.69, 9.17) is 0 Å².